The Balaban J connectivity index is 2.33. The molecule has 1 saturated heterocycles. The molecule has 4 N–H and O–H groups in total. The summed E-state index contributed by atoms with van der Waals surface area (Å²) in [6.45, 7) is 7.29. The molecule has 0 bridgehead atoms. The maximum Gasteiger partial charge on any atom is 0.0318 e. The Morgan fingerprint density at radius 3 is 2.73 bits per heavy atom. The number of nitrogens with one attached hydrogen (secondary N) is 2. The molecular weight excluding hydrogens is 138 g/mol. The third kappa shape index (κ3) is 2.43. The first-order chi connectivity index (χ1) is 5.24. The van der Waals surface area contributed by atoms with Gasteiger partial charge in [-0.1, -0.05) is 13.8 Å². The van der Waals surface area contributed by atoms with Crippen molar-refractivity contribution in [2.75, 3.05) is 19.6 Å². The molecule has 0 aromatic rings. The van der Waals surface area contributed by atoms with Crippen molar-refractivity contribution >= 4 is 0 Å². The van der Waals surface area contributed by atoms with Gasteiger partial charge < -0.3 is 16.4 Å². The number of nitrogens with two attached hydrogens (primary N) is 1. The number of piperazine rings is 1. The molecule has 0 aromatic carbocycles. The van der Waals surface area contributed by atoms with Crippen molar-refractivity contribution in [3.05, 3.63) is 0 Å². The van der Waals surface area contributed by atoms with Gasteiger partial charge in [0.05, 0.1) is 0 Å². The summed E-state index contributed by atoms with van der Waals surface area (Å²) >= 11 is 0. The Kier molecular flexibility index (Phi) is 3.30. The molecule has 3 nitrogen and oxygen atoms in total. The number of hydrogen-bond acceptors (Lipinski definition) is 3. The minimum atomic E-state index is 0.469. The maximum atomic E-state index is 5.56. The van der Waals surface area contributed by atoms with E-state index in [0.29, 0.717) is 18.0 Å². The first kappa shape index (κ1) is 8.97. The van der Waals surface area contributed by atoms with Crippen molar-refractivity contribution in [1.82, 2.24) is 10.6 Å². The first-order valence-corrected chi connectivity index (χ1v) is 4.41. The molecule has 1 aliphatic heterocycles. The van der Waals surface area contributed by atoms with Gasteiger partial charge in [-0.15, -0.1) is 0 Å². The van der Waals surface area contributed by atoms with E-state index in [0.717, 1.165) is 19.6 Å². The summed E-state index contributed by atoms with van der Waals surface area (Å²) in [5.41, 5.74) is 5.56. The van der Waals surface area contributed by atoms with Crippen molar-refractivity contribution < 1.29 is 0 Å². The summed E-state index contributed by atoms with van der Waals surface area (Å²) in [5.74, 6) is 0.692. The summed E-state index contributed by atoms with van der Waals surface area (Å²) in [6.07, 6.45) is 0. The average molecular weight is 157 g/mol. The van der Waals surface area contributed by atoms with E-state index in [2.05, 4.69) is 24.5 Å². The van der Waals surface area contributed by atoms with Crippen LogP contribution in [-0.4, -0.2) is 31.7 Å². The summed E-state index contributed by atoms with van der Waals surface area (Å²) in [5, 5.41) is 6.89. The van der Waals surface area contributed by atoms with Gasteiger partial charge >= 0.3 is 0 Å². The summed E-state index contributed by atoms with van der Waals surface area (Å²) in [4.78, 5) is 0. The van der Waals surface area contributed by atoms with E-state index in [1.807, 2.05) is 0 Å². The van der Waals surface area contributed by atoms with Crippen LogP contribution in [-0.2, 0) is 0 Å². The molecule has 0 amide bonds. The van der Waals surface area contributed by atoms with Crippen LogP contribution in [0.5, 0.6) is 0 Å². The molecule has 2 atom stereocenters. The molecular formula is C8H19N3. The van der Waals surface area contributed by atoms with Crippen LogP contribution in [0.1, 0.15) is 13.8 Å². The molecule has 0 aliphatic carbocycles. The lowest BCUT2D eigenvalue weighted by molar-refractivity contribution is 0.288. The van der Waals surface area contributed by atoms with Gasteiger partial charge in [0.1, 0.15) is 0 Å². The molecule has 0 aromatic heterocycles. The van der Waals surface area contributed by atoms with Gasteiger partial charge in [0.15, 0.2) is 0 Å². The zero-order valence-electron chi connectivity index (χ0n) is 7.43. The van der Waals surface area contributed by atoms with E-state index in [9.17, 15) is 0 Å². The second kappa shape index (κ2) is 4.04. The van der Waals surface area contributed by atoms with Crippen LogP contribution in [0.4, 0.5) is 0 Å². The first-order valence-electron chi connectivity index (χ1n) is 4.41. The second-order valence-electron chi connectivity index (χ2n) is 3.61. The van der Waals surface area contributed by atoms with E-state index in [1.54, 1.807) is 0 Å². The van der Waals surface area contributed by atoms with Crippen LogP contribution in [0.25, 0.3) is 0 Å². The van der Waals surface area contributed by atoms with Crippen LogP contribution in [0, 0.1) is 5.92 Å². The fourth-order valence-electron chi connectivity index (χ4n) is 1.41. The fraction of sp³-hybridized carbons (Fsp3) is 1.00. The standard InChI is InChI=1S/C8H19N3/c1-6(2)8-5-10-4-7(3-9)11-8/h6-8,10-11H,3-5,9H2,1-2H3. The Morgan fingerprint density at radius 1 is 1.45 bits per heavy atom. The van der Waals surface area contributed by atoms with Gasteiger partial charge in [-0.2, -0.15) is 0 Å². The molecule has 2 unspecified atom stereocenters. The minimum Gasteiger partial charge on any atom is -0.329 e. The molecule has 1 fully saturated rings. The van der Waals surface area contributed by atoms with Gasteiger partial charge in [0, 0.05) is 31.7 Å². The maximum absolute atomic E-state index is 5.56. The van der Waals surface area contributed by atoms with Crippen molar-refractivity contribution in [3.8, 4) is 0 Å². The quantitative estimate of drug-likeness (QED) is 0.508. The monoisotopic (exact) mass is 157 g/mol. The number of rotatable bonds is 2. The lowest BCUT2D eigenvalue weighted by atomic mass is 10.0. The van der Waals surface area contributed by atoms with Crippen molar-refractivity contribution in [2.24, 2.45) is 11.7 Å². The molecule has 3 heteroatoms. The van der Waals surface area contributed by atoms with Crippen LogP contribution in [0.3, 0.4) is 0 Å². The van der Waals surface area contributed by atoms with Crippen LogP contribution in [0.15, 0.2) is 0 Å². The van der Waals surface area contributed by atoms with Crippen LogP contribution in [0.2, 0.25) is 0 Å². The SMILES string of the molecule is CC(C)C1CNCC(CN)N1. The highest BCUT2D eigenvalue weighted by Gasteiger charge is 2.21. The topological polar surface area (TPSA) is 50.1 Å². The van der Waals surface area contributed by atoms with Crippen LogP contribution < -0.4 is 16.4 Å². The van der Waals surface area contributed by atoms with E-state index in [-0.39, 0.29) is 0 Å². The lowest BCUT2D eigenvalue weighted by Gasteiger charge is -2.33. The van der Waals surface area contributed by atoms with Crippen molar-refractivity contribution in [1.29, 1.82) is 0 Å². The van der Waals surface area contributed by atoms with Crippen LogP contribution >= 0.6 is 0 Å². The molecule has 0 radical (unpaired) electrons. The smallest absolute Gasteiger partial charge is 0.0318 e. The van der Waals surface area contributed by atoms with E-state index < -0.39 is 0 Å². The molecule has 66 valence electrons. The lowest BCUT2D eigenvalue weighted by Crippen LogP contribution is -2.59. The molecule has 0 saturated carbocycles. The van der Waals surface area contributed by atoms with Crippen molar-refractivity contribution in [3.63, 3.8) is 0 Å². The molecule has 1 aliphatic rings. The predicted octanol–water partition coefficient (Wildman–Crippen LogP) is -0.469. The highest BCUT2D eigenvalue weighted by Crippen LogP contribution is 2.04. The predicted molar refractivity (Wildman–Crippen MR) is 47.5 cm³/mol. The Hall–Kier alpha value is -0.120. The normalized spacial score (nSPS) is 32.7. The van der Waals surface area contributed by atoms with Gasteiger partial charge in [0.25, 0.3) is 0 Å². The van der Waals surface area contributed by atoms with E-state index in [1.165, 1.54) is 0 Å². The Labute approximate surface area is 68.7 Å². The zero-order chi connectivity index (χ0) is 8.27. The summed E-state index contributed by atoms with van der Waals surface area (Å²) in [7, 11) is 0. The zero-order valence-corrected chi connectivity index (χ0v) is 7.43. The summed E-state index contributed by atoms with van der Waals surface area (Å²) in [6, 6.07) is 1.06. The Bertz CT molecular complexity index is 114. The van der Waals surface area contributed by atoms with E-state index >= 15 is 0 Å². The third-order valence-electron chi connectivity index (χ3n) is 2.29. The second-order valence-corrected chi connectivity index (χ2v) is 3.61. The van der Waals surface area contributed by atoms with Gasteiger partial charge in [-0.05, 0) is 5.92 Å². The van der Waals surface area contributed by atoms with E-state index in [4.69, 9.17) is 5.73 Å². The molecule has 0 spiro atoms. The molecule has 11 heavy (non-hydrogen) atoms. The summed E-state index contributed by atoms with van der Waals surface area (Å²) < 4.78 is 0. The van der Waals surface area contributed by atoms with Crippen molar-refractivity contribution in [2.45, 2.75) is 25.9 Å². The number of hydrogen-bond donors (Lipinski definition) is 3. The molecule has 1 heterocycles. The largest absolute Gasteiger partial charge is 0.329 e. The van der Waals surface area contributed by atoms with Gasteiger partial charge in [-0.3, -0.25) is 0 Å². The third-order valence-corrected chi connectivity index (χ3v) is 2.29. The highest BCUT2D eigenvalue weighted by atomic mass is 15.1. The van der Waals surface area contributed by atoms with Gasteiger partial charge in [0.2, 0.25) is 0 Å². The highest BCUT2D eigenvalue weighted by molar-refractivity contribution is 4.85. The molecule has 1 rings (SSSR count). The Morgan fingerprint density at radius 2 is 2.18 bits per heavy atom. The fourth-order valence-corrected chi connectivity index (χ4v) is 1.41. The average Bonchev–Trinajstić information content (AvgIpc) is 2.05. The van der Waals surface area contributed by atoms with Gasteiger partial charge in [-0.25, -0.2) is 0 Å². The minimum absolute atomic E-state index is 0.469.